The summed E-state index contributed by atoms with van der Waals surface area (Å²) in [5.74, 6) is 0. The Labute approximate surface area is 75.6 Å². The van der Waals surface area contributed by atoms with Crippen LogP contribution in [0.25, 0.3) is 0 Å². The predicted octanol–water partition coefficient (Wildman–Crippen LogP) is 0.444. The van der Waals surface area contributed by atoms with E-state index < -0.39 is 0 Å². The van der Waals surface area contributed by atoms with Gasteiger partial charge in [0.05, 0.1) is 14.1 Å². The highest BCUT2D eigenvalue weighted by Gasteiger charge is 2.29. The molecule has 0 aliphatic carbocycles. The van der Waals surface area contributed by atoms with Crippen LogP contribution in [0.1, 0.15) is 0 Å². The first-order valence-electron chi connectivity index (χ1n) is 3.42. The van der Waals surface area contributed by atoms with Crippen molar-refractivity contribution in [1.29, 1.82) is 0 Å². The van der Waals surface area contributed by atoms with E-state index in [1.807, 2.05) is 24.9 Å². The van der Waals surface area contributed by atoms with Crippen LogP contribution < -0.4 is 5.32 Å². The van der Waals surface area contributed by atoms with Gasteiger partial charge in [-0.05, 0) is 24.9 Å². The Bertz CT molecular complexity index is 175. The maximum absolute atomic E-state index is 3.38. The summed E-state index contributed by atoms with van der Waals surface area (Å²) >= 11 is 0. The molecule has 1 saturated heterocycles. The fraction of sp³-hybridized carbons (Fsp3) is 0.833. The summed E-state index contributed by atoms with van der Waals surface area (Å²) in [7, 11) is 11.9. The first-order valence-corrected chi connectivity index (χ1v) is 5.63. The van der Waals surface area contributed by atoms with Crippen molar-refractivity contribution in [2.24, 2.45) is 0 Å². The molecule has 1 aliphatic rings. The number of hydrogen-bond acceptors (Lipinski definition) is 3. The fourth-order valence-electron chi connectivity index (χ4n) is 0.664. The van der Waals surface area contributed by atoms with E-state index in [1.54, 1.807) is 10.8 Å². The zero-order valence-electron chi connectivity index (χ0n) is 7.29. The van der Waals surface area contributed by atoms with Gasteiger partial charge >= 0.3 is 5.17 Å². The second-order valence-electron chi connectivity index (χ2n) is 2.84. The van der Waals surface area contributed by atoms with E-state index in [0.29, 0.717) is 5.50 Å². The van der Waals surface area contributed by atoms with Gasteiger partial charge in [0.1, 0.15) is 0 Å². The highest BCUT2D eigenvalue weighted by molar-refractivity contribution is 8.83. The van der Waals surface area contributed by atoms with Gasteiger partial charge in [0.2, 0.25) is 5.50 Å². The lowest BCUT2D eigenvalue weighted by Crippen LogP contribution is -2.38. The van der Waals surface area contributed by atoms with Crippen LogP contribution >= 0.6 is 21.6 Å². The van der Waals surface area contributed by atoms with E-state index in [9.17, 15) is 0 Å². The normalized spacial score (nSPS) is 24.1. The number of nitrogens with zero attached hydrogens (tertiary/aromatic N) is 2. The summed E-state index contributed by atoms with van der Waals surface area (Å²) in [6.07, 6.45) is 0. The van der Waals surface area contributed by atoms with Crippen molar-refractivity contribution in [3.05, 3.63) is 0 Å². The lowest BCUT2D eigenvalue weighted by atomic mass is 10.8. The molecular formula is C6H14N3S2+. The van der Waals surface area contributed by atoms with Crippen LogP contribution in [0.15, 0.2) is 0 Å². The molecule has 0 spiro atoms. The van der Waals surface area contributed by atoms with Gasteiger partial charge in [-0.1, -0.05) is 0 Å². The molecule has 0 saturated carbocycles. The van der Waals surface area contributed by atoms with Crippen molar-refractivity contribution in [2.45, 2.75) is 5.50 Å². The summed E-state index contributed by atoms with van der Waals surface area (Å²) in [5.41, 5.74) is 0.414. The minimum atomic E-state index is 0.414. The largest absolute Gasteiger partial charge is 0.318 e. The summed E-state index contributed by atoms with van der Waals surface area (Å²) in [4.78, 5) is 2.16. The lowest BCUT2D eigenvalue weighted by molar-refractivity contribution is -0.463. The van der Waals surface area contributed by atoms with Crippen molar-refractivity contribution < 1.29 is 4.58 Å². The minimum absolute atomic E-state index is 0.414. The molecule has 0 bridgehead atoms. The molecule has 1 unspecified atom stereocenters. The number of nitrogens with one attached hydrogen (secondary N) is 1. The Balaban J connectivity index is 2.54. The Morgan fingerprint density at radius 2 is 2.09 bits per heavy atom. The number of amidine groups is 1. The molecule has 1 heterocycles. The van der Waals surface area contributed by atoms with Gasteiger partial charge < -0.3 is 0 Å². The van der Waals surface area contributed by atoms with Gasteiger partial charge in [-0.3, -0.25) is 9.48 Å². The van der Waals surface area contributed by atoms with Crippen molar-refractivity contribution in [1.82, 2.24) is 10.2 Å². The van der Waals surface area contributed by atoms with Crippen molar-refractivity contribution in [3.8, 4) is 0 Å². The lowest BCUT2D eigenvalue weighted by Gasteiger charge is -2.12. The third-order valence-corrected chi connectivity index (χ3v) is 4.11. The number of rotatable bonds is 1. The summed E-state index contributed by atoms with van der Waals surface area (Å²) in [6, 6.07) is 0. The van der Waals surface area contributed by atoms with Gasteiger partial charge in [-0.25, -0.2) is 5.32 Å². The maximum Gasteiger partial charge on any atom is 0.318 e. The summed E-state index contributed by atoms with van der Waals surface area (Å²) in [5, 5.41) is 4.61. The Morgan fingerprint density at radius 3 is 2.36 bits per heavy atom. The molecule has 64 valence electrons. The van der Waals surface area contributed by atoms with E-state index in [4.69, 9.17) is 0 Å². The van der Waals surface area contributed by atoms with Crippen LogP contribution in [0, 0.1) is 0 Å². The molecule has 11 heavy (non-hydrogen) atoms. The van der Waals surface area contributed by atoms with Crippen LogP contribution in [0.4, 0.5) is 0 Å². The summed E-state index contributed by atoms with van der Waals surface area (Å²) < 4.78 is 2.10. The van der Waals surface area contributed by atoms with Crippen LogP contribution in [0.3, 0.4) is 0 Å². The van der Waals surface area contributed by atoms with E-state index in [0.717, 1.165) is 0 Å². The van der Waals surface area contributed by atoms with Crippen LogP contribution in [0.5, 0.6) is 0 Å². The average Bonchev–Trinajstić information content (AvgIpc) is 2.33. The second-order valence-corrected chi connectivity index (χ2v) is 5.11. The van der Waals surface area contributed by atoms with Crippen molar-refractivity contribution >= 4 is 26.8 Å². The molecule has 1 fully saturated rings. The Hall–Kier alpha value is 0.130. The van der Waals surface area contributed by atoms with Gasteiger partial charge in [-0.2, -0.15) is 0 Å². The van der Waals surface area contributed by atoms with Crippen LogP contribution in [-0.2, 0) is 0 Å². The van der Waals surface area contributed by atoms with E-state index in [2.05, 4.69) is 28.9 Å². The second kappa shape index (κ2) is 3.69. The molecule has 0 aromatic heterocycles. The molecule has 0 amide bonds. The predicted molar refractivity (Wildman–Crippen MR) is 52.9 cm³/mol. The first kappa shape index (κ1) is 9.22. The quantitative estimate of drug-likeness (QED) is 0.480. The molecule has 5 heteroatoms. The zero-order valence-corrected chi connectivity index (χ0v) is 8.92. The first-order chi connectivity index (χ1) is 5.11. The SMILES string of the molecule is CN(C)C1NC(=[N+](C)C)SS1. The Morgan fingerprint density at radius 1 is 1.45 bits per heavy atom. The van der Waals surface area contributed by atoms with E-state index >= 15 is 0 Å². The topological polar surface area (TPSA) is 18.3 Å². The smallest absolute Gasteiger partial charge is 0.262 e. The molecule has 0 aromatic carbocycles. The molecule has 0 aromatic rings. The standard InChI is InChI=1S/C6H13N3S2/c1-8(2)5-7-6(9(3)4)11-10-5/h5H,1-4H3/p+1. The van der Waals surface area contributed by atoms with Crippen molar-refractivity contribution in [3.63, 3.8) is 0 Å². The van der Waals surface area contributed by atoms with E-state index in [1.165, 1.54) is 5.17 Å². The molecule has 1 N–H and O–H groups in total. The van der Waals surface area contributed by atoms with Gasteiger partial charge in [-0.15, -0.1) is 0 Å². The van der Waals surface area contributed by atoms with Gasteiger partial charge in [0.25, 0.3) is 0 Å². The van der Waals surface area contributed by atoms with Gasteiger partial charge in [0.15, 0.2) is 0 Å². The average molecular weight is 192 g/mol. The zero-order chi connectivity index (χ0) is 8.43. The third kappa shape index (κ3) is 2.28. The van der Waals surface area contributed by atoms with Crippen LogP contribution in [0.2, 0.25) is 0 Å². The summed E-state index contributed by atoms with van der Waals surface area (Å²) in [6.45, 7) is 0. The fourth-order valence-corrected chi connectivity index (χ4v) is 3.36. The van der Waals surface area contributed by atoms with Crippen molar-refractivity contribution in [2.75, 3.05) is 28.2 Å². The van der Waals surface area contributed by atoms with Crippen LogP contribution in [-0.4, -0.2) is 48.3 Å². The molecule has 1 atom stereocenters. The number of hydrogen-bond donors (Lipinski definition) is 1. The molecule has 3 nitrogen and oxygen atoms in total. The highest BCUT2D eigenvalue weighted by Crippen LogP contribution is 2.33. The molecule has 1 rings (SSSR count). The molecule has 1 aliphatic heterocycles. The molecule has 0 radical (unpaired) electrons. The van der Waals surface area contributed by atoms with Gasteiger partial charge in [0, 0.05) is 10.8 Å². The Kier molecular flexibility index (Phi) is 3.09. The van der Waals surface area contributed by atoms with E-state index in [-0.39, 0.29) is 0 Å². The monoisotopic (exact) mass is 192 g/mol. The maximum atomic E-state index is 3.38. The minimum Gasteiger partial charge on any atom is -0.262 e. The highest BCUT2D eigenvalue weighted by atomic mass is 33.1. The molecular weight excluding hydrogens is 178 g/mol. The third-order valence-electron chi connectivity index (χ3n) is 1.34.